The van der Waals surface area contributed by atoms with Gasteiger partial charge >= 0.3 is 0 Å². The van der Waals surface area contributed by atoms with Crippen molar-refractivity contribution >= 4 is 23.4 Å². The maximum absolute atomic E-state index is 13.4. The van der Waals surface area contributed by atoms with Gasteiger partial charge in [-0.2, -0.15) is 0 Å². The molecule has 3 rings (SSSR count). The van der Waals surface area contributed by atoms with Crippen molar-refractivity contribution in [2.45, 2.75) is 56.6 Å². The largest absolute Gasteiger partial charge is 0.756 e. The highest BCUT2D eigenvalue weighted by Gasteiger charge is 2.33. The maximum Gasteiger partial charge on any atom is 0.265 e. The van der Waals surface area contributed by atoms with Crippen LogP contribution in [-0.2, 0) is 28.5 Å². The number of phosphoric ester groups is 1. The third-order valence-corrected chi connectivity index (χ3v) is 8.74. The second-order valence-electron chi connectivity index (χ2n) is 9.81. The van der Waals surface area contributed by atoms with Gasteiger partial charge in [0.2, 0.25) is 5.75 Å². The SMILES string of the molecule is CCCOc1c(OCCCOP(=O)([O-])O)cc([C@@H]2CC[C@@H](c3cc(OC)c(OC)c(OC)c3)O2)cc1S(=O)(=O)CC(C)=O. The van der Waals surface area contributed by atoms with E-state index in [4.69, 9.17) is 33.3 Å². The summed E-state index contributed by atoms with van der Waals surface area (Å²) in [4.78, 5) is 31.3. The first-order chi connectivity index (χ1) is 20.3. The van der Waals surface area contributed by atoms with Crippen LogP contribution in [0.4, 0.5) is 0 Å². The van der Waals surface area contributed by atoms with E-state index in [0.29, 0.717) is 42.1 Å². The van der Waals surface area contributed by atoms with Gasteiger partial charge in [0.15, 0.2) is 32.8 Å². The molecule has 1 aliphatic rings. The summed E-state index contributed by atoms with van der Waals surface area (Å²) in [5.41, 5.74) is 1.27. The minimum absolute atomic E-state index is 0.0522. The third-order valence-electron chi connectivity index (χ3n) is 6.47. The molecule has 1 fully saturated rings. The Bertz CT molecular complexity index is 1390. The van der Waals surface area contributed by atoms with Crippen LogP contribution in [0.2, 0.25) is 0 Å². The zero-order valence-corrected chi connectivity index (χ0v) is 26.5. The number of ketones is 1. The molecule has 1 saturated heterocycles. The Morgan fingerprint density at radius 1 is 0.930 bits per heavy atom. The summed E-state index contributed by atoms with van der Waals surface area (Å²) in [7, 11) is -4.49. The molecule has 3 atom stereocenters. The van der Waals surface area contributed by atoms with E-state index in [1.807, 2.05) is 6.92 Å². The number of ether oxygens (including phenoxy) is 6. The monoisotopic (exact) mass is 645 g/mol. The second kappa shape index (κ2) is 15.2. The standard InChI is InChI=1S/C28H39O13PS/c1-6-10-39-28-25(38-11-7-12-40-42(30,31)32)15-20(16-26(28)43(33,34)17-18(2)29)22-9-8-21(41-22)19-13-23(35-3)27(37-5)24(14-19)36-4/h13-16,21-22H,6-12,17H2,1-5H3,(H2,30,31,32)/p-1/t21-,22-/m0/s1. The molecule has 0 bridgehead atoms. The molecule has 0 aromatic heterocycles. The molecule has 1 aliphatic heterocycles. The Morgan fingerprint density at radius 2 is 1.51 bits per heavy atom. The van der Waals surface area contributed by atoms with Crippen LogP contribution in [0.25, 0.3) is 0 Å². The summed E-state index contributed by atoms with van der Waals surface area (Å²) >= 11 is 0. The number of benzene rings is 2. The van der Waals surface area contributed by atoms with Gasteiger partial charge in [-0.25, -0.2) is 8.42 Å². The summed E-state index contributed by atoms with van der Waals surface area (Å²) in [5, 5.41) is 0. The van der Waals surface area contributed by atoms with Crippen molar-refractivity contribution in [3.05, 3.63) is 35.4 Å². The van der Waals surface area contributed by atoms with Gasteiger partial charge in [-0.15, -0.1) is 0 Å². The van der Waals surface area contributed by atoms with Crippen molar-refractivity contribution in [2.24, 2.45) is 0 Å². The lowest BCUT2D eigenvalue weighted by Crippen LogP contribution is -2.17. The normalized spacial score (nSPS) is 18.1. The van der Waals surface area contributed by atoms with E-state index in [1.54, 1.807) is 18.2 Å². The molecule has 1 heterocycles. The molecule has 240 valence electrons. The average Bonchev–Trinajstić information content (AvgIpc) is 3.44. The fourth-order valence-corrected chi connectivity index (χ4v) is 6.46. The molecule has 1 N–H and O–H groups in total. The fourth-order valence-electron chi connectivity index (χ4n) is 4.65. The minimum atomic E-state index is -4.90. The smallest absolute Gasteiger partial charge is 0.265 e. The maximum atomic E-state index is 13.4. The predicted octanol–water partition coefficient (Wildman–Crippen LogP) is 3.70. The molecule has 2 aromatic rings. The molecule has 0 spiro atoms. The number of rotatable bonds is 17. The summed E-state index contributed by atoms with van der Waals surface area (Å²) in [6, 6.07) is 6.65. The van der Waals surface area contributed by atoms with Crippen LogP contribution >= 0.6 is 7.82 Å². The molecule has 0 amide bonds. The van der Waals surface area contributed by atoms with Crippen LogP contribution in [-0.4, -0.2) is 66.0 Å². The number of phosphoric acid groups is 1. The van der Waals surface area contributed by atoms with Crippen LogP contribution in [0.1, 0.15) is 62.9 Å². The van der Waals surface area contributed by atoms with Crippen LogP contribution < -0.4 is 28.6 Å². The molecular weight excluding hydrogens is 607 g/mol. The van der Waals surface area contributed by atoms with Gasteiger partial charge in [0.25, 0.3) is 7.82 Å². The van der Waals surface area contributed by atoms with Crippen molar-refractivity contribution in [3.8, 4) is 28.7 Å². The summed E-state index contributed by atoms with van der Waals surface area (Å²) in [6.45, 7) is 2.77. The number of hydrogen-bond acceptors (Lipinski definition) is 12. The minimum Gasteiger partial charge on any atom is -0.756 e. The number of sulfone groups is 1. The number of Topliss-reactive ketones (excluding diaryl/α,β-unsaturated/α-hetero) is 1. The highest BCUT2D eigenvalue weighted by Crippen LogP contribution is 2.48. The van der Waals surface area contributed by atoms with E-state index in [1.165, 1.54) is 34.3 Å². The van der Waals surface area contributed by atoms with E-state index < -0.39 is 35.3 Å². The second-order valence-corrected chi connectivity index (χ2v) is 13.0. The molecule has 0 radical (unpaired) electrons. The molecule has 43 heavy (non-hydrogen) atoms. The lowest BCUT2D eigenvalue weighted by Gasteiger charge is -2.21. The molecule has 15 heteroatoms. The number of methoxy groups -OCH3 is 3. The topological polar surface area (TPSA) is 176 Å². The molecule has 2 aromatic carbocycles. The molecule has 0 saturated carbocycles. The first kappa shape index (κ1) is 34.6. The Morgan fingerprint density at radius 3 is 2.02 bits per heavy atom. The highest BCUT2D eigenvalue weighted by molar-refractivity contribution is 7.92. The van der Waals surface area contributed by atoms with Crippen LogP contribution in [0.5, 0.6) is 28.7 Å². The van der Waals surface area contributed by atoms with Crippen LogP contribution in [0.15, 0.2) is 29.2 Å². The summed E-state index contributed by atoms with van der Waals surface area (Å²) < 4.78 is 76.4. The van der Waals surface area contributed by atoms with Gasteiger partial charge in [0.05, 0.1) is 53.4 Å². The lowest BCUT2D eigenvalue weighted by atomic mass is 10.0. The number of carbonyl (C=O) groups is 1. The Labute approximate surface area is 251 Å². The summed E-state index contributed by atoms with van der Waals surface area (Å²) in [6.07, 6.45) is 0.834. The molecule has 0 aliphatic carbocycles. The van der Waals surface area contributed by atoms with Crippen molar-refractivity contribution in [2.75, 3.05) is 46.9 Å². The Kier molecular flexibility index (Phi) is 12.3. The number of carbonyl (C=O) groups excluding carboxylic acids is 1. The van der Waals surface area contributed by atoms with E-state index in [0.717, 1.165) is 5.56 Å². The van der Waals surface area contributed by atoms with Gasteiger partial charge < -0.3 is 42.7 Å². The van der Waals surface area contributed by atoms with Gasteiger partial charge in [0, 0.05) is 6.42 Å². The van der Waals surface area contributed by atoms with E-state index in [2.05, 4.69) is 4.52 Å². The van der Waals surface area contributed by atoms with Gasteiger partial charge in [-0.3, -0.25) is 9.36 Å². The first-order valence-corrected chi connectivity index (χ1v) is 16.8. The van der Waals surface area contributed by atoms with E-state index in [-0.39, 0.29) is 48.7 Å². The van der Waals surface area contributed by atoms with Crippen molar-refractivity contribution < 1.29 is 60.5 Å². The zero-order chi connectivity index (χ0) is 31.8. The van der Waals surface area contributed by atoms with E-state index in [9.17, 15) is 22.7 Å². The highest BCUT2D eigenvalue weighted by atomic mass is 32.2. The van der Waals surface area contributed by atoms with Crippen LogP contribution in [0.3, 0.4) is 0 Å². The van der Waals surface area contributed by atoms with Crippen molar-refractivity contribution in [3.63, 3.8) is 0 Å². The molecule has 1 unspecified atom stereocenters. The van der Waals surface area contributed by atoms with Gasteiger partial charge in [-0.05, 0) is 61.6 Å². The van der Waals surface area contributed by atoms with Gasteiger partial charge in [0.1, 0.15) is 16.4 Å². The predicted molar refractivity (Wildman–Crippen MR) is 153 cm³/mol. The number of hydrogen-bond donors (Lipinski definition) is 1. The average molecular weight is 646 g/mol. The first-order valence-electron chi connectivity index (χ1n) is 13.6. The van der Waals surface area contributed by atoms with Crippen molar-refractivity contribution in [1.82, 2.24) is 0 Å². The van der Waals surface area contributed by atoms with Gasteiger partial charge in [-0.1, -0.05) is 6.92 Å². The Hall–Kier alpha value is -2.87. The quantitative estimate of drug-likeness (QED) is 0.195. The van der Waals surface area contributed by atoms with Crippen molar-refractivity contribution in [1.29, 1.82) is 0 Å². The molecule has 13 nitrogen and oxygen atoms in total. The summed E-state index contributed by atoms with van der Waals surface area (Å²) in [5.74, 6) is 0.126. The fraction of sp³-hybridized carbons (Fsp3) is 0.536. The third kappa shape index (κ3) is 9.31. The lowest BCUT2D eigenvalue weighted by molar-refractivity contribution is -0.219. The van der Waals surface area contributed by atoms with E-state index >= 15 is 0 Å². The van der Waals surface area contributed by atoms with Crippen LogP contribution in [0, 0.1) is 0 Å². The Balaban J connectivity index is 1.99. The zero-order valence-electron chi connectivity index (χ0n) is 24.8. The molecular formula is C28H38O13PS-.